The van der Waals surface area contributed by atoms with Gasteiger partial charge >= 0.3 is 0 Å². The maximum Gasteiger partial charge on any atom is 0.119 e. The molecule has 0 spiro atoms. The van der Waals surface area contributed by atoms with E-state index in [1.54, 1.807) is 0 Å². The Morgan fingerprint density at radius 3 is 1.59 bits per heavy atom. The molecular weight excluding hydrogens is 625 g/mol. The van der Waals surface area contributed by atoms with Gasteiger partial charge in [0.15, 0.2) is 0 Å². The average molecular weight is 675 g/mol. The van der Waals surface area contributed by atoms with E-state index < -0.39 is 6.10 Å². The van der Waals surface area contributed by atoms with E-state index in [-0.39, 0.29) is 12.5 Å². The molecule has 7 heteroatoms. The zero-order valence-electron chi connectivity index (χ0n) is 26.7. The summed E-state index contributed by atoms with van der Waals surface area (Å²) in [7, 11) is 6.25. The van der Waals surface area contributed by atoms with Crippen molar-refractivity contribution in [3.05, 3.63) is 97.1 Å². The lowest BCUT2D eigenvalue weighted by Gasteiger charge is -2.30. The molecule has 4 nitrogen and oxygen atoms in total. The molecule has 5 atom stereocenters. The van der Waals surface area contributed by atoms with Crippen LogP contribution in [0.25, 0.3) is 22.3 Å². The number of aliphatic hydroxyl groups excluding tert-OH is 2. The van der Waals surface area contributed by atoms with Crippen molar-refractivity contribution in [3.8, 4) is 33.8 Å². The number of benzene rings is 4. The average Bonchev–Trinajstić information content (AvgIpc) is 3.10. The molecule has 4 aromatic carbocycles. The first-order chi connectivity index (χ1) is 22.5. The summed E-state index contributed by atoms with van der Waals surface area (Å²) in [5.74, 6) is 2.96. The van der Waals surface area contributed by atoms with Crippen LogP contribution in [0, 0.1) is 17.8 Å². The minimum atomic E-state index is -0.497. The van der Waals surface area contributed by atoms with Gasteiger partial charge in [0.05, 0.1) is 19.3 Å². The highest BCUT2D eigenvalue weighted by atomic mass is 32.0. The molecule has 1 saturated carbocycles. The van der Waals surface area contributed by atoms with Crippen molar-refractivity contribution in [1.29, 1.82) is 0 Å². The van der Waals surface area contributed by atoms with Crippen molar-refractivity contribution in [3.63, 3.8) is 0 Å². The van der Waals surface area contributed by atoms with Crippen molar-refractivity contribution < 1.29 is 19.7 Å². The van der Waals surface area contributed by atoms with Crippen molar-refractivity contribution in [1.82, 2.24) is 0 Å². The molecule has 0 aliphatic heterocycles. The van der Waals surface area contributed by atoms with Crippen molar-refractivity contribution >= 4 is 37.0 Å². The zero-order valence-corrected chi connectivity index (χ0v) is 30.0. The van der Waals surface area contributed by atoms with Crippen LogP contribution < -0.4 is 20.1 Å². The number of ether oxygens (including phenoxy) is 2. The lowest BCUT2D eigenvalue weighted by Crippen LogP contribution is -2.27. The monoisotopic (exact) mass is 674 g/mol. The fourth-order valence-corrected chi connectivity index (χ4v) is 7.58. The number of aliphatic hydroxyl groups is 2. The van der Waals surface area contributed by atoms with Crippen LogP contribution in [-0.2, 0) is 0 Å². The van der Waals surface area contributed by atoms with E-state index in [9.17, 15) is 10.2 Å². The maximum absolute atomic E-state index is 10.9. The van der Waals surface area contributed by atoms with Crippen molar-refractivity contribution in [2.75, 3.05) is 19.8 Å². The summed E-state index contributed by atoms with van der Waals surface area (Å²) in [6.07, 6.45) is 7.89. The predicted molar refractivity (Wildman–Crippen MR) is 202 cm³/mol. The number of hydrogen-bond acceptors (Lipinski definition) is 4. The van der Waals surface area contributed by atoms with Crippen LogP contribution in [-0.4, -0.2) is 36.1 Å². The van der Waals surface area contributed by atoms with Gasteiger partial charge in [0.2, 0.25) is 0 Å². The minimum Gasteiger partial charge on any atom is -0.494 e. The van der Waals surface area contributed by atoms with E-state index in [4.69, 9.17) is 9.47 Å². The molecule has 0 amide bonds. The normalized spacial score (nSPS) is 18.0. The van der Waals surface area contributed by atoms with Crippen LogP contribution in [0.4, 0.5) is 0 Å². The summed E-state index contributed by atoms with van der Waals surface area (Å²) in [6, 6.07) is 33.7. The topological polar surface area (TPSA) is 58.9 Å². The lowest BCUT2D eigenvalue weighted by atomic mass is 9.78. The van der Waals surface area contributed by atoms with Crippen LogP contribution >= 0.6 is 26.4 Å². The molecule has 1 aliphatic rings. The van der Waals surface area contributed by atoms with Crippen LogP contribution in [0.2, 0.25) is 0 Å². The van der Waals surface area contributed by atoms with Gasteiger partial charge < -0.3 is 19.7 Å². The van der Waals surface area contributed by atoms with Gasteiger partial charge in [-0.1, -0.05) is 107 Å². The van der Waals surface area contributed by atoms with E-state index in [2.05, 4.69) is 103 Å². The van der Waals surface area contributed by atoms with E-state index in [1.807, 2.05) is 12.1 Å². The highest BCUT2D eigenvalue weighted by Crippen LogP contribution is 2.34. The fraction of sp³-hybridized carbons (Fsp3) is 0.385. The summed E-state index contributed by atoms with van der Waals surface area (Å²) < 4.78 is 12.1. The van der Waals surface area contributed by atoms with Crippen LogP contribution in [0.15, 0.2) is 97.1 Å². The molecule has 0 heterocycles. The third-order valence-electron chi connectivity index (χ3n) is 9.51. The first-order valence-corrected chi connectivity index (χ1v) is 20.1. The predicted octanol–water partition coefficient (Wildman–Crippen LogP) is 8.41. The third kappa shape index (κ3) is 10.6. The fourth-order valence-electron chi connectivity index (χ4n) is 6.45. The van der Waals surface area contributed by atoms with Gasteiger partial charge in [0, 0.05) is 12.5 Å². The van der Waals surface area contributed by atoms with E-state index in [0.29, 0.717) is 24.9 Å². The standard InChI is InChI=1S/C39H49O4P3/c40-27-34(24-26-43-36-16-6-30(7-17-36)32-10-18-37(44)19-11-32)39(41)22-5-28-1-3-29(4-2-28)23-25-42-35-14-8-31(9-15-35)33-12-20-38(46-45)21-13-33/h6-21,28-29,34,39-41,46H,1-5,22-27,44-45H2. The summed E-state index contributed by atoms with van der Waals surface area (Å²) in [4.78, 5) is 0. The second-order valence-corrected chi connectivity index (χ2v) is 15.0. The molecule has 0 saturated heterocycles. The van der Waals surface area contributed by atoms with E-state index in [0.717, 1.165) is 51.2 Å². The van der Waals surface area contributed by atoms with E-state index >= 15 is 0 Å². The number of rotatable bonds is 16. The molecule has 46 heavy (non-hydrogen) atoms. The molecule has 0 aromatic heterocycles. The Balaban J connectivity index is 0.947. The van der Waals surface area contributed by atoms with Gasteiger partial charge in [0.1, 0.15) is 11.5 Å². The summed E-state index contributed by atoms with van der Waals surface area (Å²) in [5, 5.41) is 23.3. The molecule has 0 radical (unpaired) electrons. The molecule has 5 unspecified atom stereocenters. The van der Waals surface area contributed by atoms with Crippen LogP contribution in [0.5, 0.6) is 11.5 Å². The SMILES string of the molecule is OCC(CCOc1ccc(-c2ccc(P)cc2)cc1)C(O)CCC1CCC(CCOc2ccc(-c3ccc(PP)cc3)cc2)CC1. The molecule has 1 fully saturated rings. The van der Waals surface area contributed by atoms with Gasteiger partial charge in [-0.3, -0.25) is 0 Å². The lowest BCUT2D eigenvalue weighted by molar-refractivity contribution is 0.0418. The van der Waals surface area contributed by atoms with Crippen LogP contribution in [0.3, 0.4) is 0 Å². The molecular formula is C39H49O4P3. The quantitative estimate of drug-likeness (QED) is 0.117. The van der Waals surface area contributed by atoms with Gasteiger partial charge in [-0.05, 0) is 94.6 Å². The molecule has 4 aromatic rings. The minimum absolute atomic E-state index is 0.0176. The number of hydrogen-bond donors (Lipinski definition) is 2. The van der Waals surface area contributed by atoms with Gasteiger partial charge in [-0.25, -0.2) is 0 Å². The van der Waals surface area contributed by atoms with Gasteiger partial charge in [-0.15, -0.1) is 18.2 Å². The van der Waals surface area contributed by atoms with Gasteiger partial charge in [0.25, 0.3) is 0 Å². The molecule has 2 N–H and O–H groups in total. The summed E-state index contributed by atoms with van der Waals surface area (Å²) in [6.45, 7) is 1.22. The highest BCUT2D eigenvalue weighted by Gasteiger charge is 2.24. The van der Waals surface area contributed by atoms with E-state index in [1.165, 1.54) is 53.0 Å². The molecule has 0 bridgehead atoms. The molecule has 1 aliphatic carbocycles. The first-order valence-electron chi connectivity index (χ1n) is 16.7. The Hall–Kier alpha value is -2.31. The van der Waals surface area contributed by atoms with Gasteiger partial charge in [-0.2, -0.15) is 0 Å². The Bertz CT molecular complexity index is 1440. The van der Waals surface area contributed by atoms with Crippen molar-refractivity contribution in [2.24, 2.45) is 17.8 Å². The van der Waals surface area contributed by atoms with Crippen molar-refractivity contribution in [2.45, 2.75) is 57.5 Å². The maximum atomic E-state index is 10.9. The largest absolute Gasteiger partial charge is 0.494 e. The first kappa shape index (κ1) is 35.0. The van der Waals surface area contributed by atoms with Crippen LogP contribution in [0.1, 0.15) is 51.4 Å². The molecule has 244 valence electrons. The Labute approximate surface area is 281 Å². The molecule has 5 rings (SSSR count). The summed E-state index contributed by atoms with van der Waals surface area (Å²) >= 11 is 0. The second kappa shape index (κ2) is 18.3. The highest BCUT2D eigenvalue weighted by molar-refractivity contribution is 8.06. The third-order valence-corrected chi connectivity index (χ3v) is 11.6. The Morgan fingerprint density at radius 2 is 1.09 bits per heavy atom. The zero-order chi connectivity index (χ0) is 32.1. The Kier molecular flexibility index (Phi) is 13.9. The Morgan fingerprint density at radius 1 is 0.630 bits per heavy atom. The summed E-state index contributed by atoms with van der Waals surface area (Å²) in [5.41, 5.74) is 4.78. The smallest absolute Gasteiger partial charge is 0.119 e. The second-order valence-electron chi connectivity index (χ2n) is 12.6.